The molecule has 1 unspecified atom stereocenters. The second-order valence-electron chi connectivity index (χ2n) is 5.97. The van der Waals surface area contributed by atoms with E-state index in [1.165, 1.54) is 19.8 Å². The van der Waals surface area contributed by atoms with Crippen LogP contribution in [0.5, 0.6) is 5.88 Å². The van der Waals surface area contributed by atoms with Gasteiger partial charge in [-0.15, -0.1) is 0 Å². The summed E-state index contributed by atoms with van der Waals surface area (Å²) in [5, 5.41) is 7.03. The van der Waals surface area contributed by atoms with E-state index in [-0.39, 0.29) is 11.9 Å². The maximum atomic E-state index is 11.6. The molecule has 0 aromatic carbocycles. The predicted octanol–water partition coefficient (Wildman–Crippen LogP) is 2.90. The van der Waals surface area contributed by atoms with Crippen molar-refractivity contribution < 1.29 is 14.1 Å². The van der Waals surface area contributed by atoms with Gasteiger partial charge >= 0.3 is 0 Å². The Balaban J connectivity index is 1.89. The minimum absolute atomic E-state index is 0.0944. The number of carbonyl (C=O) groups excluding carboxylic acids is 1. The third-order valence-corrected chi connectivity index (χ3v) is 4.23. The summed E-state index contributed by atoms with van der Waals surface area (Å²) in [6.07, 6.45) is 6.10. The number of hydrogen-bond acceptors (Lipinski definition) is 6. The van der Waals surface area contributed by atoms with Crippen LogP contribution in [0, 0.1) is 5.92 Å². The van der Waals surface area contributed by atoms with Crippen LogP contribution in [0.1, 0.15) is 51.5 Å². The summed E-state index contributed by atoms with van der Waals surface area (Å²) in [4.78, 5) is 20.3. The summed E-state index contributed by atoms with van der Waals surface area (Å²) in [7, 11) is 0. The number of nitrogens with one attached hydrogen (secondary N) is 1. The Morgan fingerprint density at radius 3 is 2.96 bits per heavy atom. The summed E-state index contributed by atoms with van der Waals surface area (Å²) in [6.45, 7) is 3.91. The lowest BCUT2D eigenvalue weighted by Gasteiger charge is -2.20. The van der Waals surface area contributed by atoms with Gasteiger partial charge in [0.05, 0.1) is 12.2 Å². The van der Waals surface area contributed by atoms with E-state index in [1.54, 1.807) is 12.3 Å². The van der Waals surface area contributed by atoms with E-state index in [0.29, 0.717) is 35.7 Å². The van der Waals surface area contributed by atoms with Gasteiger partial charge in [-0.1, -0.05) is 18.0 Å². The molecular formula is C17H22N4O3. The van der Waals surface area contributed by atoms with Gasteiger partial charge in [0, 0.05) is 13.1 Å². The van der Waals surface area contributed by atoms with Crippen LogP contribution in [0.3, 0.4) is 0 Å². The van der Waals surface area contributed by atoms with Crippen molar-refractivity contribution in [2.45, 2.75) is 45.6 Å². The van der Waals surface area contributed by atoms with Crippen molar-refractivity contribution in [2.24, 2.45) is 5.92 Å². The molecule has 3 rings (SSSR count). The van der Waals surface area contributed by atoms with Crippen molar-refractivity contribution in [1.29, 1.82) is 0 Å². The molecule has 128 valence electrons. The molecule has 2 aromatic heterocycles. The van der Waals surface area contributed by atoms with Crippen LogP contribution in [0.15, 0.2) is 22.9 Å². The number of amides is 1. The summed E-state index contributed by atoms with van der Waals surface area (Å²) >= 11 is 0. The summed E-state index contributed by atoms with van der Waals surface area (Å²) in [5.41, 5.74) is 0.683. The van der Waals surface area contributed by atoms with Gasteiger partial charge in [0.15, 0.2) is 0 Å². The number of ether oxygens (including phenoxy) is 1. The van der Waals surface area contributed by atoms with Crippen molar-refractivity contribution >= 4 is 5.91 Å². The fourth-order valence-electron chi connectivity index (χ4n) is 3.17. The predicted molar refractivity (Wildman–Crippen MR) is 87.2 cm³/mol. The third kappa shape index (κ3) is 3.55. The number of pyridine rings is 1. The molecule has 1 aliphatic rings. The number of nitrogens with zero attached hydrogens (tertiary/aromatic N) is 3. The lowest BCUT2D eigenvalue weighted by atomic mass is 9.98. The summed E-state index contributed by atoms with van der Waals surface area (Å²) < 4.78 is 11.0. The SMILES string of the molecule is CCOc1ncccc1-c1noc(C(NC(C)=O)C2CCCC2)n1. The van der Waals surface area contributed by atoms with Crippen molar-refractivity contribution in [2.75, 3.05) is 6.61 Å². The van der Waals surface area contributed by atoms with E-state index < -0.39 is 0 Å². The molecule has 0 saturated heterocycles. The Bertz CT molecular complexity index is 695. The van der Waals surface area contributed by atoms with E-state index in [2.05, 4.69) is 20.4 Å². The second kappa shape index (κ2) is 7.42. The quantitative estimate of drug-likeness (QED) is 0.876. The average molecular weight is 330 g/mol. The first-order valence-corrected chi connectivity index (χ1v) is 8.38. The Labute approximate surface area is 140 Å². The molecule has 0 bridgehead atoms. The molecule has 0 radical (unpaired) electrons. The lowest BCUT2D eigenvalue weighted by Crippen LogP contribution is -2.31. The third-order valence-electron chi connectivity index (χ3n) is 4.23. The molecule has 2 aromatic rings. The van der Waals surface area contributed by atoms with Crippen molar-refractivity contribution in [3.8, 4) is 17.3 Å². The Hall–Kier alpha value is -2.44. The molecule has 7 nitrogen and oxygen atoms in total. The summed E-state index contributed by atoms with van der Waals surface area (Å²) in [5.74, 6) is 1.59. The molecule has 0 spiro atoms. The number of rotatable bonds is 6. The smallest absolute Gasteiger partial charge is 0.249 e. The van der Waals surface area contributed by atoms with Gasteiger partial charge in [0.2, 0.25) is 23.5 Å². The number of aromatic nitrogens is 3. The maximum Gasteiger partial charge on any atom is 0.249 e. The monoisotopic (exact) mass is 330 g/mol. The van der Waals surface area contributed by atoms with Crippen molar-refractivity contribution in [1.82, 2.24) is 20.4 Å². The van der Waals surface area contributed by atoms with Crippen LogP contribution in [-0.2, 0) is 4.79 Å². The molecule has 0 aliphatic heterocycles. The molecule has 1 amide bonds. The van der Waals surface area contributed by atoms with Gasteiger partial charge in [-0.2, -0.15) is 4.98 Å². The van der Waals surface area contributed by atoms with E-state index in [4.69, 9.17) is 9.26 Å². The lowest BCUT2D eigenvalue weighted by molar-refractivity contribution is -0.120. The van der Waals surface area contributed by atoms with Crippen LogP contribution in [0.2, 0.25) is 0 Å². The van der Waals surface area contributed by atoms with Crippen LogP contribution >= 0.6 is 0 Å². The Kier molecular flexibility index (Phi) is 5.08. The average Bonchev–Trinajstić information content (AvgIpc) is 3.25. The van der Waals surface area contributed by atoms with Crippen LogP contribution in [-0.4, -0.2) is 27.6 Å². The first kappa shape index (κ1) is 16.4. The summed E-state index contributed by atoms with van der Waals surface area (Å²) in [6, 6.07) is 3.41. The van der Waals surface area contributed by atoms with Gasteiger partial charge in [-0.3, -0.25) is 4.79 Å². The van der Waals surface area contributed by atoms with E-state index >= 15 is 0 Å². The number of hydrogen-bond donors (Lipinski definition) is 1. The fraction of sp³-hybridized carbons (Fsp3) is 0.529. The first-order chi connectivity index (χ1) is 11.7. The van der Waals surface area contributed by atoms with Crippen molar-refractivity contribution in [3.63, 3.8) is 0 Å². The molecule has 7 heteroatoms. The largest absolute Gasteiger partial charge is 0.477 e. The standard InChI is InChI=1S/C17H22N4O3/c1-3-23-16-13(9-6-10-18-16)15-20-17(24-21-15)14(19-11(2)22)12-7-4-5-8-12/h6,9-10,12,14H,3-5,7-8H2,1-2H3,(H,19,22). The highest BCUT2D eigenvalue weighted by atomic mass is 16.5. The first-order valence-electron chi connectivity index (χ1n) is 8.38. The fourth-order valence-corrected chi connectivity index (χ4v) is 3.17. The maximum absolute atomic E-state index is 11.6. The van der Waals surface area contributed by atoms with Crippen LogP contribution < -0.4 is 10.1 Å². The van der Waals surface area contributed by atoms with Gasteiger partial charge in [-0.25, -0.2) is 4.98 Å². The zero-order chi connectivity index (χ0) is 16.9. The van der Waals surface area contributed by atoms with E-state index in [0.717, 1.165) is 12.8 Å². The Morgan fingerprint density at radius 1 is 1.46 bits per heavy atom. The van der Waals surface area contributed by atoms with Crippen LogP contribution in [0.4, 0.5) is 0 Å². The molecule has 24 heavy (non-hydrogen) atoms. The zero-order valence-corrected chi connectivity index (χ0v) is 14.0. The Morgan fingerprint density at radius 2 is 2.25 bits per heavy atom. The second-order valence-corrected chi connectivity index (χ2v) is 5.97. The molecule has 1 N–H and O–H groups in total. The minimum atomic E-state index is -0.238. The van der Waals surface area contributed by atoms with Gasteiger partial charge in [0.1, 0.15) is 6.04 Å². The molecular weight excluding hydrogens is 308 g/mol. The highest BCUT2D eigenvalue weighted by Crippen LogP contribution is 2.36. The molecule has 1 saturated carbocycles. The van der Waals surface area contributed by atoms with E-state index in [1.807, 2.05) is 13.0 Å². The normalized spacial score (nSPS) is 16.1. The van der Waals surface area contributed by atoms with Crippen molar-refractivity contribution in [3.05, 3.63) is 24.2 Å². The van der Waals surface area contributed by atoms with Gasteiger partial charge in [0.25, 0.3) is 0 Å². The van der Waals surface area contributed by atoms with Crippen LogP contribution in [0.25, 0.3) is 11.4 Å². The topological polar surface area (TPSA) is 90.1 Å². The van der Waals surface area contributed by atoms with E-state index in [9.17, 15) is 4.79 Å². The number of carbonyl (C=O) groups is 1. The van der Waals surface area contributed by atoms with Gasteiger partial charge < -0.3 is 14.6 Å². The van der Waals surface area contributed by atoms with Gasteiger partial charge in [-0.05, 0) is 37.8 Å². The molecule has 1 aliphatic carbocycles. The highest BCUT2D eigenvalue weighted by Gasteiger charge is 2.31. The molecule has 1 fully saturated rings. The highest BCUT2D eigenvalue weighted by molar-refractivity contribution is 5.73. The molecule has 2 heterocycles. The molecule has 1 atom stereocenters. The minimum Gasteiger partial charge on any atom is -0.477 e. The zero-order valence-electron chi connectivity index (χ0n) is 14.0.